The largest absolute Gasteiger partial charge is 0.344 e. The van der Waals surface area contributed by atoms with Gasteiger partial charge in [0.05, 0.1) is 6.04 Å². The maximum Gasteiger partial charge on any atom is 0.246 e. The Hall–Kier alpha value is -4.72. The molecule has 12 nitrogen and oxygen atoms in total. The number of Topliss-reactive ketones (excluding diaryl/α,β-unsaturated/α-hetero) is 1. The van der Waals surface area contributed by atoms with E-state index >= 15 is 0 Å². The number of carbonyl (C=O) groups excluding carboxylic acids is 6. The number of hydrogen-bond acceptors (Lipinski definition) is 7. The van der Waals surface area contributed by atoms with Crippen molar-refractivity contribution in [3.63, 3.8) is 0 Å². The maximum absolute atomic E-state index is 14.4. The maximum atomic E-state index is 14.4. The van der Waals surface area contributed by atoms with E-state index in [4.69, 9.17) is 0 Å². The normalized spacial score (nSPS) is 18.1. The van der Waals surface area contributed by atoms with Crippen molar-refractivity contribution in [2.75, 3.05) is 46.3 Å². The molecule has 2 aliphatic heterocycles. The first-order valence-corrected chi connectivity index (χ1v) is 24.2. The van der Waals surface area contributed by atoms with Crippen molar-refractivity contribution in [1.82, 2.24) is 30.2 Å². The number of carbonyl (C=O) groups is 6. The van der Waals surface area contributed by atoms with E-state index in [-0.39, 0.29) is 118 Å². The molecule has 14 heteroatoms. The van der Waals surface area contributed by atoms with Gasteiger partial charge in [-0.05, 0) is 105 Å². The molecule has 2 saturated heterocycles. The van der Waals surface area contributed by atoms with E-state index in [0.29, 0.717) is 45.2 Å². The molecule has 2 aromatic rings. The fraction of sp³-hybridized carbons (Fsp3) is 0.660. The van der Waals surface area contributed by atoms with Crippen molar-refractivity contribution in [3.05, 3.63) is 71.3 Å². The number of likely N-dealkylation sites (N-methyl/N-ethyl adjacent to an activating group) is 1. The number of ketones is 1. The molecule has 5 amide bonds. The summed E-state index contributed by atoms with van der Waals surface area (Å²) in [5, 5.41) is 6.01. The number of hydrogen-bond donors (Lipinski definition) is 2. The third-order valence-electron chi connectivity index (χ3n) is 13.7. The minimum Gasteiger partial charge on any atom is -0.344 e. The van der Waals surface area contributed by atoms with Crippen molar-refractivity contribution < 1.29 is 37.5 Å². The SMILES string of the molecule is C.CC[C@@H](C)C(=O)N[C@H](C(=O)N1CCC[C@H]1CN(CCc1ccc(F)cc1)C(=O)CCC(=O)N(CCc1ccc(F)cc1)C[C@@H]1CCCN1C(=O)[C@@H](CC(=O)[C@H](C)NC)C(C)(C)C)C(C)(C)C. The summed E-state index contributed by atoms with van der Waals surface area (Å²) in [6, 6.07) is 10.5. The monoisotopic (exact) mass is 937 g/mol. The van der Waals surface area contributed by atoms with Crippen molar-refractivity contribution >= 4 is 35.3 Å². The molecule has 6 atom stereocenters. The molecule has 67 heavy (non-hydrogen) atoms. The summed E-state index contributed by atoms with van der Waals surface area (Å²) in [7, 11) is 1.72. The molecule has 0 saturated carbocycles. The average Bonchev–Trinajstić information content (AvgIpc) is 3.95. The zero-order chi connectivity index (χ0) is 48.9. The molecular weight excluding hydrogens is 855 g/mol. The van der Waals surface area contributed by atoms with Gasteiger partial charge in [-0.15, -0.1) is 0 Å². The Kier molecular flexibility index (Phi) is 21.6. The second kappa shape index (κ2) is 25.6. The van der Waals surface area contributed by atoms with Gasteiger partial charge in [0, 0.05) is 82.5 Å². The summed E-state index contributed by atoms with van der Waals surface area (Å²) in [5.74, 6) is -2.57. The fourth-order valence-corrected chi connectivity index (χ4v) is 8.92. The van der Waals surface area contributed by atoms with Gasteiger partial charge in [-0.1, -0.05) is 87.1 Å². The molecule has 0 unspecified atom stereocenters. The highest BCUT2D eigenvalue weighted by molar-refractivity contribution is 5.91. The lowest BCUT2D eigenvalue weighted by Crippen LogP contribution is -2.57. The fourth-order valence-electron chi connectivity index (χ4n) is 8.92. The van der Waals surface area contributed by atoms with E-state index in [1.165, 1.54) is 24.3 Å². The van der Waals surface area contributed by atoms with Gasteiger partial charge in [0.25, 0.3) is 0 Å². The molecule has 0 aliphatic carbocycles. The number of likely N-dealkylation sites (tertiary alicyclic amines) is 2. The van der Waals surface area contributed by atoms with E-state index in [9.17, 15) is 37.5 Å². The molecule has 2 aromatic carbocycles. The third-order valence-corrected chi connectivity index (χ3v) is 13.7. The first kappa shape index (κ1) is 56.6. The molecule has 2 fully saturated rings. The molecule has 2 N–H and O–H groups in total. The molecule has 374 valence electrons. The summed E-state index contributed by atoms with van der Waals surface area (Å²) >= 11 is 0. The van der Waals surface area contributed by atoms with E-state index in [2.05, 4.69) is 10.6 Å². The Morgan fingerprint density at radius 2 is 1.13 bits per heavy atom. The average molecular weight is 937 g/mol. The molecule has 2 heterocycles. The molecule has 0 bridgehead atoms. The Labute approximate surface area is 400 Å². The van der Waals surface area contributed by atoms with Gasteiger partial charge in [-0.25, -0.2) is 8.78 Å². The zero-order valence-corrected chi connectivity index (χ0v) is 41.4. The summed E-state index contributed by atoms with van der Waals surface area (Å²) in [6.07, 6.45) is 4.22. The van der Waals surface area contributed by atoms with Crippen LogP contribution >= 0.6 is 0 Å². The van der Waals surface area contributed by atoms with Gasteiger partial charge in [0.15, 0.2) is 0 Å². The highest BCUT2D eigenvalue weighted by Crippen LogP contribution is 2.34. The minimum atomic E-state index is -0.767. The predicted octanol–water partition coefficient (Wildman–Crippen LogP) is 7.61. The zero-order valence-electron chi connectivity index (χ0n) is 41.4. The van der Waals surface area contributed by atoms with Crippen molar-refractivity contribution in [3.8, 4) is 0 Å². The van der Waals surface area contributed by atoms with E-state index < -0.39 is 28.8 Å². The first-order valence-electron chi connectivity index (χ1n) is 24.2. The van der Waals surface area contributed by atoms with Gasteiger partial charge < -0.3 is 30.2 Å². The summed E-state index contributed by atoms with van der Waals surface area (Å²) in [6.45, 7) is 19.3. The van der Waals surface area contributed by atoms with Crippen LogP contribution in [0.4, 0.5) is 8.78 Å². The standard InChI is InChI=1S/C52H78F2N6O6.CH4/c1-11-35(2)48(64)56-47(52(7,8)9)50(66)60-29-13-15-42(60)34-58(31-27-38-18-22-40(54)23-19-38)46(63)25-24-45(62)57(30-26-37-16-20-39(53)21-17-37)33-41-14-12-28-59(41)49(65)43(51(4,5)6)32-44(61)36(3)55-10;/h16-23,35-36,41-43,47,55H,11-15,24-34H2,1-10H3,(H,56,64);1H4/t35-,36+,41+,42+,43-,47-;/m1./s1. The van der Waals surface area contributed by atoms with Crippen LogP contribution in [0.25, 0.3) is 0 Å². The lowest BCUT2D eigenvalue weighted by atomic mass is 9.76. The van der Waals surface area contributed by atoms with Crippen LogP contribution in [0.2, 0.25) is 0 Å². The van der Waals surface area contributed by atoms with Gasteiger partial charge in [-0.3, -0.25) is 28.8 Å². The molecule has 0 spiro atoms. The quantitative estimate of drug-likeness (QED) is 0.124. The number of benzene rings is 2. The number of amides is 5. The Balaban J connectivity index is 0.0000119. The Morgan fingerprint density at radius 1 is 0.701 bits per heavy atom. The van der Waals surface area contributed by atoms with Crippen LogP contribution in [0, 0.1) is 34.3 Å². The van der Waals surface area contributed by atoms with Crippen LogP contribution in [0.3, 0.4) is 0 Å². The number of rotatable bonds is 22. The number of nitrogens with zero attached hydrogens (tertiary/aromatic N) is 4. The van der Waals surface area contributed by atoms with Gasteiger partial charge in [-0.2, -0.15) is 0 Å². The Morgan fingerprint density at radius 3 is 1.52 bits per heavy atom. The van der Waals surface area contributed by atoms with Crippen LogP contribution in [-0.4, -0.2) is 125 Å². The highest BCUT2D eigenvalue weighted by Gasteiger charge is 2.42. The third kappa shape index (κ3) is 16.5. The van der Waals surface area contributed by atoms with Crippen LogP contribution in [-0.2, 0) is 41.6 Å². The van der Waals surface area contributed by atoms with Crippen molar-refractivity contribution in [2.45, 2.75) is 158 Å². The predicted molar refractivity (Wildman–Crippen MR) is 261 cm³/mol. The summed E-state index contributed by atoms with van der Waals surface area (Å²) in [5.41, 5.74) is 0.609. The molecule has 0 aromatic heterocycles. The van der Waals surface area contributed by atoms with E-state index in [0.717, 1.165) is 24.0 Å². The summed E-state index contributed by atoms with van der Waals surface area (Å²) < 4.78 is 27.7. The van der Waals surface area contributed by atoms with Crippen LogP contribution in [0.1, 0.15) is 132 Å². The van der Waals surface area contributed by atoms with Crippen molar-refractivity contribution in [2.24, 2.45) is 22.7 Å². The second-order valence-corrected chi connectivity index (χ2v) is 20.8. The van der Waals surface area contributed by atoms with Crippen LogP contribution in [0.5, 0.6) is 0 Å². The Bertz CT molecular complexity index is 1810. The lowest BCUT2D eigenvalue weighted by Gasteiger charge is -2.38. The van der Waals surface area contributed by atoms with E-state index in [1.807, 2.05) is 60.3 Å². The second-order valence-electron chi connectivity index (χ2n) is 20.8. The minimum absolute atomic E-state index is 0. The van der Waals surface area contributed by atoms with Crippen molar-refractivity contribution in [1.29, 1.82) is 0 Å². The smallest absolute Gasteiger partial charge is 0.246 e. The first-order chi connectivity index (χ1) is 31.0. The van der Waals surface area contributed by atoms with Crippen LogP contribution in [0.15, 0.2) is 48.5 Å². The molecule has 2 aliphatic rings. The van der Waals surface area contributed by atoms with Gasteiger partial charge >= 0.3 is 0 Å². The number of nitrogens with one attached hydrogen (secondary N) is 2. The summed E-state index contributed by atoms with van der Waals surface area (Å²) in [4.78, 5) is 90.7. The molecular formula is C53H82F2N6O6. The van der Waals surface area contributed by atoms with Crippen LogP contribution < -0.4 is 10.6 Å². The molecule has 0 radical (unpaired) electrons. The highest BCUT2D eigenvalue weighted by atomic mass is 19.1. The molecule has 4 rings (SSSR count). The van der Waals surface area contributed by atoms with Gasteiger partial charge in [0.2, 0.25) is 29.5 Å². The number of halogens is 2. The topological polar surface area (TPSA) is 139 Å². The van der Waals surface area contributed by atoms with E-state index in [1.54, 1.807) is 52.9 Å². The lowest BCUT2D eigenvalue weighted by molar-refractivity contribution is -0.144. The van der Waals surface area contributed by atoms with Gasteiger partial charge in [0.1, 0.15) is 23.5 Å².